The Morgan fingerprint density at radius 3 is 2.73 bits per heavy atom. The highest BCUT2D eigenvalue weighted by atomic mass is 16.5. The highest BCUT2D eigenvalue weighted by Crippen LogP contribution is 2.39. The summed E-state index contributed by atoms with van der Waals surface area (Å²) in [6, 6.07) is 7.79. The molecule has 4 rings (SSSR count). The number of aromatic nitrogens is 3. The van der Waals surface area contributed by atoms with Crippen molar-refractivity contribution in [2.24, 2.45) is 0 Å². The summed E-state index contributed by atoms with van der Waals surface area (Å²) in [5.74, 6) is -0.158. The maximum Gasteiger partial charge on any atom is 0.342 e. The summed E-state index contributed by atoms with van der Waals surface area (Å²) in [7, 11) is 0. The highest BCUT2D eigenvalue weighted by Gasteiger charge is 2.27. The average Bonchev–Trinajstić information content (AvgIpc) is 3.35. The number of phenols is 1. The van der Waals surface area contributed by atoms with Gasteiger partial charge in [-0.2, -0.15) is 9.78 Å². The standard InChI is InChI=1S/C21H23N5O4/c1-2-9-22-21(29)26-17(13-4-3-5-13)12-16(25-26)15-7-6-14(11-18(15)27)24-20(28)19-8-10-23-30-19/h6-8,10-13,27H,2-5,9H2,1H3,(H,22,29)(H,24,28). The summed E-state index contributed by atoms with van der Waals surface area (Å²) in [4.78, 5) is 24.6. The molecule has 1 aliphatic carbocycles. The van der Waals surface area contributed by atoms with E-state index in [0.717, 1.165) is 31.4 Å². The summed E-state index contributed by atoms with van der Waals surface area (Å²) < 4.78 is 6.23. The number of carbonyl (C=O) groups excluding carboxylic acids is 2. The number of phenolic OH excluding ortho intramolecular Hbond substituents is 1. The third-order valence-corrected chi connectivity index (χ3v) is 5.17. The van der Waals surface area contributed by atoms with Crippen molar-refractivity contribution < 1.29 is 19.2 Å². The minimum absolute atomic E-state index is 0.0517. The Kier molecular flexibility index (Phi) is 5.51. The van der Waals surface area contributed by atoms with Crippen LogP contribution < -0.4 is 10.6 Å². The fourth-order valence-corrected chi connectivity index (χ4v) is 3.34. The fourth-order valence-electron chi connectivity index (χ4n) is 3.34. The first-order chi connectivity index (χ1) is 14.6. The van der Waals surface area contributed by atoms with Gasteiger partial charge >= 0.3 is 6.03 Å². The van der Waals surface area contributed by atoms with Crippen LogP contribution in [0, 0.1) is 0 Å². The van der Waals surface area contributed by atoms with Gasteiger partial charge in [0.1, 0.15) is 5.75 Å². The van der Waals surface area contributed by atoms with Crippen molar-refractivity contribution in [1.29, 1.82) is 0 Å². The lowest BCUT2D eigenvalue weighted by molar-refractivity contribution is 0.0988. The Morgan fingerprint density at radius 2 is 2.10 bits per heavy atom. The predicted molar refractivity (Wildman–Crippen MR) is 109 cm³/mol. The van der Waals surface area contributed by atoms with Crippen LogP contribution in [-0.2, 0) is 0 Å². The molecule has 0 bridgehead atoms. The summed E-state index contributed by atoms with van der Waals surface area (Å²) >= 11 is 0. The van der Waals surface area contributed by atoms with Gasteiger partial charge < -0.3 is 20.3 Å². The fraction of sp³-hybridized carbons (Fsp3) is 0.333. The smallest absolute Gasteiger partial charge is 0.342 e. The molecule has 0 spiro atoms. The number of anilines is 1. The molecule has 0 radical (unpaired) electrons. The van der Waals surface area contributed by atoms with Gasteiger partial charge in [0.25, 0.3) is 5.91 Å². The lowest BCUT2D eigenvalue weighted by Gasteiger charge is -2.25. The minimum Gasteiger partial charge on any atom is -0.507 e. The number of hydrogen-bond acceptors (Lipinski definition) is 6. The van der Waals surface area contributed by atoms with E-state index < -0.39 is 5.91 Å². The molecule has 0 atom stereocenters. The van der Waals surface area contributed by atoms with Crippen LogP contribution in [0.4, 0.5) is 10.5 Å². The van der Waals surface area contributed by atoms with Gasteiger partial charge in [-0.3, -0.25) is 4.79 Å². The maximum atomic E-state index is 12.6. The van der Waals surface area contributed by atoms with Gasteiger partial charge in [0.15, 0.2) is 0 Å². The first kappa shape index (κ1) is 19.7. The molecule has 2 aromatic heterocycles. The van der Waals surface area contributed by atoms with Crippen molar-refractivity contribution in [3.63, 3.8) is 0 Å². The zero-order chi connectivity index (χ0) is 21.1. The Morgan fingerprint density at radius 1 is 1.27 bits per heavy atom. The molecule has 1 saturated carbocycles. The van der Waals surface area contributed by atoms with Gasteiger partial charge in [-0.1, -0.05) is 18.5 Å². The van der Waals surface area contributed by atoms with Crippen molar-refractivity contribution in [3.8, 4) is 17.0 Å². The van der Waals surface area contributed by atoms with Gasteiger partial charge in [-0.05, 0) is 37.5 Å². The van der Waals surface area contributed by atoms with Crippen LogP contribution in [0.1, 0.15) is 54.8 Å². The number of hydrogen-bond donors (Lipinski definition) is 3. The summed E-state index contributed by atoms with van der Waals surface area (Å²) in [5, 5.41) is 24.0. The summed E-state index contributed by atoms with van der Waals surface area (Å²) in [6.07, 6.45) is 5.38. The van der Waals surface area contributed by atoms with E-state index >= 15 is 0 Å². The van der Waals surface area contributed by atoms with E-state index in [0.29, 0.717) is 29.4 Å². The molecule has 3 N–H and O–H groups in total. The van der Waals surface area contributed by atoms with Crippen LogP contribution in [-0.4, -0.2) is 38.5 Å². The number of rotatable bonds is 6. The van der Waals surface area contributed by atoms with Gasteiger partial charge in [-0.15, -0.1) is 0 Å². The summed E-state index contributed by atoms with van der Waals surface area (Å²) in [6.45, 7) is 2.56. The minimum atomic E-state index is -0.469. The molecule has 9 nitrogen and oxygen atoms in total. The number of nitrogens with one attached hydrogen (secondary N) is 2. The number of benzene rings is 1. The monoisotopic (exact) mass is 409 g/mol. The predicted octanol–water partition coefficient (Wildman–Crippen LogP) is 3.73. The second kappa shape index (κ2) is 8.40. The van der Waals surface area contributed by atoms with Crippen molar-refractivity contribution in [2.75, 3.05) is 11.9 Å². The van der Waals surface area contributed by atoms with E-state index in [1.54, 1.807) is 12.1 Å². The van der Waals surface area contributed by atoms with E-state index in [2.05, 4.69) is 20.9 Å². The average molecular weight is 409 g/mol. The number of aromatic hydroxyl groups is 1. The first-order valence-corrected chi connectivity index (χ1v) is 10.0. The topological polar surface area (TPSA) is 122 Å². The Hall–Kier alpha value is -3.62. The van der Waals surface area contributed by atoms with E-state index in [1.807, 2.05) is 13.0 Å². The Balaban J connectivity index is 1.59. The second-order valence-corrected chi connectivity index (χ2v) is 7.29. The van der Waals surface area contributed by atoms with E-state index in [9.17, 15) is 14.7 Å². The molecule has 2 heterocycles. The lowest BCUT2D eigenvalue weighted by atomic mass is 9.82. The van der Waals surface area contributed by atoms with Gasteiger partial charge in [0.05, 0.1) is 17.6 Å². The molecule has 30 heavy (non-hydrogen) atoms. The molecule has 1 fully saturated rings. The Bertz CT molecular complexity index is 1050. The quantitative estimate of drug-likeness (QED) is 0.570. The van der Waals surface area contributed by atoms with Gasteiger partial charge in [-0.25, -0.2) is 4.79 Å². The van der Waals surface area contributed by atoms with E-state index in [4.69, 9.17) is 4.52 Å². The third-order valence-electron chi connectivity index (χ3n) is 5.17. The van der Waals surface area contributed by atoms with Gasteiger partial charge in [0.2, 0.25) is 5.76 Å². The molecule has 0 saturated heterocycles. The van der Waals surface area contributed by atoms with Crippen molar-refractivity contribution in [1.82, 2.24) is 20.3 Å². The summed E-state index contributed by atoms with van der Waals surface area (Å²) in [5.41, 5.74) is 2.24. The molecule has 9 heteroatoms. The molecular weight excluding hydrogens is 386 g/mol. The van der Waals surface area contributed by atoms with E-state index in [1.165, 1.54) is 23.0 Å². The molecule has 2 amide bonds. The third kappa shape index (κ3) is 3.91. The van der Waals surface area contributed by atoms with Crippen LogP contribution >= 0.6 is 0 Å². The van der Waals surface area contributed by atoms with Crippen LogP contribution in [0.2, 0.25) is 0 Å². The molecule has 0 unspecified atom stereocenters. The molecular formula is C21H23N5O4. The van der Waals surface area contributed by atoms with Crippen molar-refractivity contribution in [3.05, 3.63) is 48.0 Å². The zero-order valence-electron chi connectivity index (χ0n) is 16.6. The SMILES string of the molecule is CCCNC(=O)n1nc(-c2ccc(NC(=O)c3ccno3)cc2O)cc1C1CCC1. The molecule has 0 aliphatic heterocycles. The van der Waals surface area contributed by atoms with Crippen LogP contribution in [0.3, 0.4) is 0 Å². The number of nitrogens with zero attached hydrogens (tertiary/aromatic N) is 3. The van der Waals surface area contributed by atoms with Crippen LogP contribution in [0.15, 0.2) is 41.1 Å². The van der Waals surface area contributed by atoms with E-state index in [-0.39, 0.29) is 17.5 Å². The maximum absolute atomic E-state index is 12.6. The van der Waals surface area contributed by atoms with Crippen LogP contribution in [0.5, 0.6) is 5.75 Å². The van der Waals surface area contributed by atoms with Crippen molar-refractivity contribution >= 4 is 17.6 Å². The van der Waals surface area contributed by atoms with Crippen molar-refractivity contribution in [2.45, 2.75) is 38.5 Å². The highest BCUT2D eigenvalue weighted by molar-refractivity contribution is 6.02. The largest absolute Gasteiger partial charge is 0.507 e. The normalized spacial score (nSPS) is 13.6. The zero-order valence-corrected chi connectivity index (χ0v) is 16.6. The van der Waals surface area contributed by atoms with Gasteiger partial charge in [0, 0.05) is 35.8 Å². The number of carbonyl (C=O) groups is 2. The first-order valence-electron chi connectivity index (χ1n) is 10.0. The molecule has 3 aromatic rings. The second-order valence-electron chi connectivity index (χ2n) is 7.29. The number of amides is 2. The molecule has 1 aromatic carbocycles. The molecule has 1 aliphatic rings. The lowest BCUT2D eigenvalue weighted by Crippen LogP contribution is -2.32. The molecule has 156 valence electrons. The van der Waals surface area contributed by atoms with Crippen LogP contribution in [0.25, 0.3) is 11.3 Å². The Labute approximate surface area is 173 Å².